The number of anilines is 3. The van der Waals surface area contributed by atoms with Gasteiger partial charge in [0.25, 0.3) is 5.56 Å². The molecular formula is C23H26BrN7O3. The third kappa shape index (κ3) is 4.31. The van der Waals surface area contributed by atoms with Crippen LogP contribution < -0.4 is 21.1 Å². The zero-order chi connectivity index (χ0) is 23.8. The third-order valence-electron chi connectivity index (χ3n) is 6.70. The molecule has 1 unspecified atom stereocenters. The lowest BCUT2D eigenvalue weighted by Gasteiger charge is -2.19. The fraction of sp³-hybridized carbons (Fsp3) is 0.435. The highest BCUT2D eigenvalue weighted by atomic mass is 79.9. The van der Waals surface area contributed by atoms with Crippen LogP contribution in [0.15, 0.2) is 33.8 Å². The number of rotatable bonds is 5. The second-order valence-electron chi connectivity index (χ2n) is 8.89. The number of hydrogen-bond acceptors (Lipinski definition) is 7. The maximum absolute atomic E-state index is 13.1. The van der Waals surface area contributed by atoms with Crippen molar-refractivity contribution < 1.29 is 9.90 Å². The summed E-state index contributed by atoms with van der Waals surface area (Å²) in [6, 6.07) is 3.85. The van der Waals surface area contributed by atoms with E-state index >= 15 is 0 Å². The standard InChI is InChI=1S/C23H26BrN7O3/c1-13-17-11-26-22(29-20(17)31(21(32)19(13)24)15-4-2-3-5-15)28-18-7-6-16(10-25-18)30-9-8-14(12-30)27-23(33)34/h6-7,10-11,14-15,27H,2-5,8-9,12H2,1H3,(H,33,34)(H,25,26,28,29). The summed E-state index contributed by atoms with van der Waals surface area (Å²) in [6.07, 6.45) is 7.43. The van der Waals surface area contributed by atoms with Gasteiger partial charge < -0.3 is 20.6 Å². The summed E-state index contributed by atoms with van der Waals surface area (Å²) in [4.78, 5) is 39.7. The molecule has 0 radical (unpaired) electrons. The molecule has 1 amide bonds. The lowest BCUT2D eigenvalue weighted by Crippen LogP contribution is -2.36. The van der Waals surface area contributed by atoms with Gasteiger partial charge in [0.2, 0.25) is 5.95 Å². The van der Waals surface area contributed by atoms with E-state index in [-0.39, 0.29) is 17.6 Å². The fourth-order valence-corrected chi connectivity index (χ4v) is 5.32. The summed E-state index contributed by atoms with van der Waals surface area (Å²) in [5.41, 5.74) is 2.35. The van der Waals surface area contributed by atoms with Crippen molar-refractivity contribution in [3.8, 4) is 0 Å². The molecule has 4 heterocycles. The second-order valence-corrected chi connectivity index (χ2v) is 9.68. The summed E-state index contributed by atoms with van der Waals surface area (Å²) in [7, 11) is 0. The van der Waals surface area contributed by atoms with Gasteiger partial charge in [0.05, 0.1) is 22.4 Å². The number of aromatic nitrogens is 4. The van der Waals surface area contributed by atoms with Crippen LogP contribution in [-0.2, 0) is 0 Å². The van der Waals surface area contributed by atoms with E-state index in [1.54, 1.807) is 12.4 Å². The minimum absolute atomic E-state index is 0.0506. The molecule has 2 aliphatic rings. The maximum atomic E-state index is 13.1. The summed E-state index contributed by atoms with van der Waals surface area (Å²) in [5.74, 6) is 0.971. The van der Waals surface area contributed by atoms with Gasteiger partial charge in [-0.05, 0) is 59.8 Å². The molecule has 3 aromatic rings. The van der Waals surface area contributed by atoms with Gasteiger partial charge in [-0.3, -0.25) is 9.36 Å². The first kappa shape index (κ1) is 22.6. The van der Waals surface area contributed by atoms with Crippen LogP contribution in [0.2, 0.25) is 0 Å². The number of carbonyl (C=O) groups is 1. The van der Waals surface area contributed by atoms with E-state index in [4.69, 9.17) is 10.1 Å². The van der Waals surface area contributed by atoms with Gasteiger partial charge in [0, 0.05) is 30.7 Å². The van der Waals surface area contributed by atoms with Gasteiger partial charge in [-0.25, -0.2) is 14.8 Å². The predicted molar refractivity (Wildman–Crippen MR) is 133 cm³/mol. The fourth-order valence-electron chi connectivity index (χ4n) is 4.91. The molecule has 0 aromatic carbocycles. The number of nitrogens with zero attached hydrogens (tertiary/aromatic N) is 5. The summed E-state index contributed by atoms with van der Waals surface area (Å²) in [5, 5.41) is 15.5. The molecule has 1 atom stereocenters. The zero-order valence-electron chi connectivity index (χ0n) is 18.8. The largest absolute Gasteiger partial charge is 0.465 e. The van der Waals surface area contributed by atoms with Crippen LogP contribution in [0.25, 0.3) is 11.0 Å². The van der Waals surface area contributed by atoms with E-state index < -0.39 is 6.09 Å². The Bertz CT molecular complexity index is 1290. The average molecular weight is 528 g/mol. The monoisotopic (exact) mass is 527 g/mol. The lowest BCUT2D eigenvalue weighted by atomic mass is 10.1. The number of carboxylic acid groups (broad SMARTS) is 1. The molecule has 0 spiro atoms. The van der Waals surface area contributed by atoms with Crippen molar-refractivity contribution in [2.24, 2.45) is 0 Å². The normalized spacial score (nSPS) is 18.5. The van der Waals surface area contributed by atoms with E-state index in [1.165, 1.54) is 0 Å². The molecule has 3 aromatic heterocycles. The SMILES string of the molecule is Cc1c(Br)c(=O)n(C2CCCC2)c2nc(Nc3ccc(N4CCC(NC(=O)O)C4)cn3)ncc12. The second kappa shape index (κ2) is 9.21. The van der Waals surface area contributed by atoms with Crippen LogP contribution in [0.5, 0.6) is 0 Å². The molecule has 1 saturated carbocycles. The Labute approximate surface area is 204 Å². The number of fused-ring (bicyclic) bond motifs is 1. The van der Waals surface area contributed by atoms with Crippen molar-refractivity contribution >= 4 is 50.5 Å². The molecule has 5 rings (SSSR count). The third-order valence-corrected chi connectivity index (χ3v) is 7.63. The van der Waals surface area contributed by atoms with E-state index in [2.05, 4.69) is 41.4 Å². The Morgan fingerprint density at radius 3 is 2.68 bits per heavy atom. The van der Waals surface area contributed by atoms with Crippen molar-refractivity contribution in [2.75, 3.05) is 23.3 Å². The van der Waals surface area contributed by atoms with Crippen LogP contribution in [0.1, 0.15) is 43.7 Å². The molecule has 2 fully saturated rings. The molecule has 34 heavy (non-hydrogen) atoms. The molecule has 1 aliphatic heterocycles. The zero-order valence-corrected chi connectivity index (χ0v) is 20.4. The lowest BCUT2D eigenvalue weighted by molar-refractivity contribution is 0.191. The average Bonchev–Trinajstić information content (AvgIpc) is 3.51. The summed E-state index contributed by atoms with van der Waals surface area (Å²) < 4.78 is 2.38. The first-order valence-corrected chi connectivity index (χ1v) is 12.2. The van der Waals surface area contributed by atoms with E-state index in [0.717, 1.165) is 55.3 Å². The highest BCUT2D eigenvalue weighted by Gasteiger charge is 2.25. The number of hydrogen-bond donors (Lipinski definition) is 3. The number of amides is 1. The number of halogens is 1. The Kier molecular flexibility index (Phi) is 6.11. The molecule has 0 bridgehead atoms. The van der Waals surface area contributed by atoms with Gasteiger partial charge >= 0.3 is 6.09 Å². The Morgan fingerprint density at radius 2 is 1.97 bits per heavy atom. The molecule has 1 aliphatic carbocycles. The van der Waals surface area contributed by atoms with Crippen LogP contribution in [-0.4, -0.2) is 49.9 Å². The minimum Gasteiger partial charge on any atom is -0.465 e. The first-order chi connectivity index (χ1) is 16.4. The molecule has 11 heteroatoms. The smallest absolute Gasteiger partial charge is 0.404 e. The van der Waals surface area contributed by atoms with Crippen molar-refractivity contribution in [2.45, 2.75) is 51.1 Å². The Morgan fingerprint density at radius 1 is 1.18 bits per heavy atom. The van der Waals surface area contributed by atoms with Crippen molar-refractivity contribution in [3.63, 3.8) is 0 Å². The quantitative estimate of drug-likeness (QED) is 0.455. The van der Waals surface area contributed by atoms with E-state index in [1.807, 2.05) is 23.6 Å². The molecule has 10 nitrogen and oxygen atoms in total. The van der Waals surface area contributed by atoms with Crippen LogP contribution >= 0.6 is 15.9 Å². The molecular weight excluding hydrogens is 502 g/mol. The van der Waals surface area contributed by atoms with Crippen LogP contribution in [0, 0.1) is 6.92 Å². The van der Waals surface area contributed by atoms with Crippen molar-refractivity contribution in [3.05, 3.63) is 44.9 Å². The van der Waals surface area contributed by atoms with E-state index in [9.17, 15) is 9.59 Å². The van der Waals surface area contributed by atoms with Crippen molar-refractivity contribution in [1.82, 2.24) is 24.8 Å². The molecule has 178 valence electrons. The Balaban J connectivity index is 1.39. The molecule has 1 saturated heterocycles. The number of pyridine rings is 2. The van der Waals surface area contributed by atoms with Crippen LogP contribution in [0.4, 0.5) is 22.2 Å². The van der Waals surface area contributed by atoms with Gasteiger partial charge in [-0.1, -0.05) is 12.8 Å². The predicted octanol–water partition coefficient (Wildman–Crippen LogP) is 3.96. The van der Waals surface area contributed by atoms with Gasteiger partial charge in [0.1, 0.15) is 11.5 Å². The maximum Gasteiger partial charge on any atom is 0.404 e. The van der Waals surface area contributed by atoms with E-state index in [0.29, 0.717) is 28.4 Å². The highest BCUT2D eigenvalue weighted by Crippen LogP contribution is 2.32. The van der Waals surface area contributed by atoms with Gasteiger partial charge in [-0.15, -0.1) is 0 Å². The first-order valence-electron chi connectivity index (χ1n) is 11.5. The topological polar surface area (TPSA) is 125 Å². The number of nitrogens with one attached hydrogen (secondary N) is 2. The van der Waals surface area contributed by atoms with Gasteiger partial charge in [0.15, 0.2) is 0 Å². The highest BCUT2D eigenvalue weighted by molar-refractivity contribution is 9.10. The Hall–Kier alpha value is -3.21. The summed E-state index contributed by atoms with van der Waals surface area (Å²) in [6.45, 7) is 3.28. The molecule has 3 N–H and O–H groups in total. The van der Waals surface area contributed by atoms with Crippen molar-refractivity contribution in [1.29, 1.82) is 0 Å². The summed E-state index contributed by atoms with van der Waals surface area (Å²) >= 11 is 3.47. The number of aryl methyl sites for hydroxylation is 1. The van der Waals surface area contributed by atoms with Crippen LogP contribution in [0.3, 0.4) is 0 Å². The minimum atomic E-state index is -0.999. The van der Waals surface area contributed by atoms with Gasteiger partial charge in [-0.2, -0.15) is 4.98 Å².